The molecule has 0 aliphatic carbocycles. The van der Waals surface area contributed by atoms with Gasteiger partial charge in [-0.1, -0.05) is 0 Å². The standard InChI is InChI=1S/C8H8BrNOS/c1-5(3-10)8(11)6-2-7(9)12-4-6/h2,4-5,8,11H,1H3. The zero-order valence-electron chi connectivity index (χ0n) is 6.49. The van der Waals surface area contributed by atoms with E-state index in [-0.39, 0.29) is 5.92 Å². The number of thiophene rings is 1. The van der Waals surface area contributed by atoms with Gasteiger partial charge in [0.05, 0.1) is 21.9 Å². The van der Waals surface area contributed by atoms with Gasteiger partial charge in [-0.3, -0.25) is 0 Å². The van der Waals surface area contributed by atoms with Gasteiger partial charge in [0, 0.05) is 0 Å². The fraction of sp³-hybridized carbons (Fsp3) is 0.375. The summed E-state index contributed by atoms with van der Waals surface area (Å²) < 4.78 is 0.974. The van der Waals surface area contributed by atoms with Crippen LogP contribution in [0.15, 0.2) is 15.2 Å². The van der Waals surface area contributed by atoms with Gasteiger partial charge >= 0.3 is 0 Å². The van der Waals surface area contributed by atoms with E-state index >= 15 is 0 Å². The van der Waals surface area contributed by atoms with E-state index in [4.69, 9.17) is 5.26 Å². The van der Waals surface area contributed by atoms with E-state index in [2.05, 4.69) is 15.9 Å². The molecular weight excluding hydrogens is 238 g/mol. The molecule has 2 atom stereocenters. The Labute approximate surface area is 83.6 Å². The summed E-state index contributed by atoms with van der Waals surface area (Å²) in [5.41, 5.74) is 0.806. The van der Waals surface area contributed by atoms with Crippen LogP contribution in [0.25, 0.3) is 0 Å². The van der Waals surface area contributed by atoms with Crippen LogP contribution in [0.2, 0.25) is 0 Å². The lowest BCUT2D eigenvalue weighted by Gasteiger charge is -2.09. The minimum absolute atomic E-state index is 0.355. The fourth-order valence-corrected chi connectivity index (χ4v) is 2.04. The predicted molar refractivity (Wildman–Crippen MR) is 51.8 cm³/mol. The average Bonchev–Trinajstić information content (AvgIpc) is 2.49. The van der Waals surface area contributed by atoms with E-state index in [1.54, 1.807) is 6.92 Å². The smallest absolute Gasteiger partial charge is 0.0953 e. The van der Waals surface area contributed by atoms with Crippen molar-refractivity contribution in [3.05, 3.63) is 20.8 Å². The maximum atomic E-state index is 9.57. The molecule has 0 amide bonds. The van der Waals surface area contributed by atoms with Crippen LogP contribution in [0.3, 0.4) is 0 Å². The lowest BCUT2D eigenvalue weighted by atomic mass is 10.0. The van der Waals surface area contributed by atoms with Crippen molar-refractivity contribution in [2.45, 2.75) is 13.0 Å². The van der Waals surface area contributed by atoms with Crippen LogP contribution in [0.1, 0.15) is 18.6 Å². The second kappa shape index (κ2) is 4.04. The number of nitriles is 1. The summed E-state index contributed by atoms with van der Waals surface area (Å²) in [7, 11) is 0. The van der Waals surface area contributed by atoms with Crippen LogP contribution in [-0.2, 0) is 0 Å². The summed E-state index contributed by atoms with van der Waals surface area (Å²) in [4.78, 5) is 0. The average molecular weight is 246 g/mol. The largest absolute Gasteiger partial charge is 0.387 e. The van der Waals surface area contributed by atoms with Gasteiger partial charge in [0.25, 0.3) is 0 Å². The molecule has 1 aromatic heterocycles. The molecule has 0 radical (unpaired) electrons. The Balaban J connectivity index is 2.79. The SMILES string of the molecule is CC(C#N)C(O)c1csc(Br)c1. The highest BCUT2D eigenvalue weighted by Gasteiger charge is 2.16. The summed E-state index contributed by atoms with van der Waals surface area (Å²) in [6.45, 7) is 1.70. The lowest BCUT2D eigenvalue weighted by molar-refractivity contribution is 0.143. The zero-order valence-corrected chi connectivity index (χ0v) is 8.89. The summed E-state index contributed by atoms with van der Waals surface area (Å²) in [6.07, 6.45) is -0.669. The molecule has 0 aliphatic rings. The van der Waals surface area contributed by atoms with E-state index < -0.39 is 6.10 Å². The molecule has 4 heteroatoms. The summed E-state index contributed by atoms with van der Waals surface area (Å²) >= 11 is 4.80. The maximum absolute atomic E-state index is 9.57. The molecule has 12 heavy (non-hydrogen) atoms. The quantitative estimate of drug-likeness (QED) is 0.871. The van der Waals surface area contributed by atoms with Crippen molar-refractivity contribution >= 4 is 27.3 Å². The molecule has 1 rings (SSSR count). The molecular formula is C8H8BrNOS. The molecule has 0 spiro atoms. The van der Waals surface area contributed by atoms with E-state index in [0.717, 1.165) is 9.35 Å². The first-order valence-electron chi connectivity index (χ1n) is 3.46. The summed E-state index contributed by atoms with van der Waals surface area (Å²) in [5.74, 6) is -0.355. The van der Waals surface area contributed by atoms with Gasteiger partial charge in [-0.05, 0) is 39.9 Å². The molecule has 0 saturated heterocycles. The van der Waals surface area contributed by atoms with Crippen molar-refractivity contribution in [3.63, 3.8) is 0 Å². The van der Waals surface area contributed by atoms with E-state index in [0.29, 0.717) is 0 Å². The highest BCUT2D eigenvalue weighted by molar-refractivity contribution is 9.11. The van der Waals surface area contributed by atoms with Gasteiger partial charge in [-0.2, -0.15) is 5.26 Å². The van der Waals surface area contributed by atoms with Crippen molar-refractivity contribution in [1.82, 2.24) is 0 Å². The first-order valence-corrected chi connectivity index (χ1v) is 5.14. The van der Waals surface area contributed by atoms with Crippen LogP contribution >= 0.6 is 27.3 Å². The normalized spacial score (nSPS) is 15.2. The number of rotatable bonds is 2. The molecule has 64 valence electrons. The number of hydrogen-bond acceptors (Lipinski definition) is 3. The van der Waals surface area contributed by atoms with Gasteiger partial charge < -0.3 is 5.11 Å². The maximum Gasteiger partial charge on any atom is 0.0953 e. The third-order valence-electron chi connectivity index (χ3n) is 1.61. The van der Waals surface area contributed by atoms with Crippen LogP contribution in [0, 0.1) is 17.2 Å². The second-order valence-electron chi connectivity index (χ2n) is 2.55. The van der Waals surface area contributed by atoms with Crippen molar-refractivity contribution in [1.29, 1.82) is 5.26 Å². The Kier molecular flexibility index (Phi) is 3.27. The first kappa shape index (κ1) is 9.72. The molecule has 1 heterocycles. The minimum Gasteiger partial charge on any atom is -0.387 e. The summed E-state index contributed by atoms with van der Waals surface area (Å²) in [5, 5.41) is 20.0. The minimum atomic E-state index is -0.669. The van der Waals surface area contributed by atoms with Gasteiger partial charge in [-0.25, -0.2) is 0 Å². The van der Waals surface area contributed by atoms with Crippen molar-refractivity contribution in [2.75, 3.05) is 0 Å². The number of halogens is 1. The Morgan fingerprint density at radius 3 is 2.83 bits per heavy atom. The van der Waals surface area contributed by atoms with Crippen molar-refractivity contribution in [2.24, 2.45) is 5.92 Å². The second-order valence-corrected chi connectivity index (χ2v) is 4.84. The topological polar surface area (TPSA) is 44.0 Å². The number of hydrogen-bond donors (Lipinski definition) is 1. The Hall–Kier alpha value is -0.370. The number of aliphatic hydroxyl groups is 1. The molecule has 2 unspecified atom stereocenters. The molecule has 0 saturated carbocycles. The predicted octanol–water partition coefficient (Wildman–Crippen LogP) is 2.70. The highest BCUT2D eigenvalue weighted by atomic mass is 79.9. The van der Waals surface area contributed by atoms with Gasteiger partial charge in [0.1, 0.15) is 0 Å². The van der Waals surface area contributed by atoms with E-state index in [9.17, 15) is 5.11 Å². The van der Waals surface area contributed by atoms with Crippen LogP contribution in [0.5, 0.6) is 0 Å². The molecule has 0 aromatic carbocycles. The van der Waals surface area contributed by atoms with Gasteiger partial charge in [0.15, 0.2) is 0 Å². The molecule has 0 aliphatic heterocycles. The first-order chi connectivity index (χ1) is 5.65. The third kappa shape index (κ3) is 2.07. The highest BCUT2D eigenvalue weighted by Crippen LogP contribution is 2.28. The molecule has 2 nitrogen and oxygen atoms in total. The number of nitrogens with zero attached hydrogens (tertiary/aromatic N) is 1. The van der Waals surface area contributed by atoms with Crippen molar-refractivity contribution < 1.29 is 5.11 Å². The molecule has 0 fully saturated rings. The van der Waals surface area contributed by atoms with Crippen LogP contribution in [0.4, 0.5) is 0 Å². The molecule has 1 N–H and O–H groups in total. The Morgan fingerprint density at radius 1 is 1.75 bits per heavy atom. The Morgan fingerprint density at radius 2 is 2.42 bits per heavy atom. The van der Waals surface area contributed by atoms with Crippen LogP contribution in [-0.4, -0.2) is 5.11 Å². The van der Waals surface area contributed by atoms with Gasteiger partial charge in [-0.15, -0.1) is 11.3 Å². The monoisotopic (exact) mass is 245 g/mol. The fourth-order valence-electron chi connectivity index (χ4n) is 0.838. The Bertz CT molecular complexity index is 304. The van der Waals surface area contributed by atoms with Gasteiger partial charge in [0.2, 0.25) is 0 Å². The molecule has 0 bridgehead atoms. The number of aliphatic hydroxyl groups excluding tert-OH is 1. The van der Waals surface area contributed by atoms with Crippen LogP contribution < -0.4 is 0 Å². The van der Waals surface area contributed by atoms with E-state index in [1.165, 1.54) is 11.3 Å². The van der Waals surface area contributed by atoms with E-state index in [1.807, 2.05) is 17.5 Å². The lowest BCUT2D eigenvalue weighted by Crippen LogP contribution is -2.05. The van der Waals surface area contributed by atoms with Crippen molar-refractivity contribution in [3.8, 4) is 6.07 Å². The molecule has 1 aromatic rings. The third-order valence-corrected chi connectivity index (χ3v) is 3.13. The summed E-state index contributed by atoms with van der Waals surface area (Å²) in [6, 6.07) is 3.85. The zero-order chi connectivity index (χ0) is 9.14.